The molecule has 1 aromatic carbocycles. The van der Waals surface area contributed by atoms with Crippen LogP contribution >= 0.6 is 11.8 Å². The fourth-order valence-electron chi connectivity index (χ4n) is 2.73. The number of nitrogens with zero attached hydrogens (tertiary/aromatic N) is 2. The fourth-order valence-corrected chi connectivity index (χ4v) is 4.04. The van der Waals surface area contributed by atoms with Crippen molar-refractivity contribution in [1.82, 2.24) is 4.90 Å². The number of fused-ring (bicyclic) bond motifs is 1. The molecule has 1 saturated heterocycles. The highest BCUT2D eigenvalue weighted by molar-refractivity contribution is 8.00. The minimum Gasteiger partial charge on any atom is -0.508 e. The monoisotopic (exact) mass is 278 g/mol. The van der Waals surface area contributed by atoms with Gasteiger partial charge in [-0.25, -0.2) is 0 Å². The Bertz CT molecular complexity index is 506. The molecule has 0 spiro atoms. The molecule has 1 fully saturated rings. The number of amides is 1. The van der Waals surface area contributed by atoms with Crippen molar-refractivity contribution in [2.75, 3.05) is 25.0 Å². The van der Waals surface area contributed by atoms with Gasteiger partial charge in [-0.1, -0.05) is 11.8 Å². The molecule has 0 aliphatic carbocycles. The number of carbonyl (C=O) groups excluding carboxylic acids is 1. The van der Waals surface area contributed by atoms with Gasteiger partial charge in [-0.2, -0.15) is 0 Å². The molecule has 1 aromatic rings. The normalized spacial score (nSPS) is 22.2. The van der Waals surface area contributed by atoms with Crippen LogP contribution in [0.25, 0.3) is 0 Å². The summed E-state index contributed by atoms with van der Waals surface area (Å²) in [6, 6.07) is 5.50. The summed E-state index contributed by atoms with van der Waals surface area (Å²) in [6.07, 6.45) is 2.67. The molecule has 2 aliphatic rings. The SMILES string of the molecule is CN1c2ccc(O)cc2SC1CCN1CCCC1=O. The zero-order chi connectivity index (χ0) is 13.4. The molecule has 2 heterocycles. The number of anilines is 1. The molecule has 4 nitrogen and oxygen atoms in total. The summed E-state index contributed by atoms with van der Waals surface area (Å²) >= 11 is 1.77. The number of hydrogen-bond donors (Lipinski definition) is 1. The average Bonchev–Trinajstić information content (AvgIpc) is 2.91. The van der Waals surface area contributed by atoms with Crippen LogP contribution in [0.3, 0.4) is 0 Å². The van der Waals surface area contributed by atoms with Crippen LogP contribution in [0.1, 0.15) is 19.3 Å². The van der Waals surface area contributed by atoms with E-state index in [0.29, 0.717) is 23.5 Å². The van der Waals surface area contributed by atoms with Gasteiger partial charge in [0.15, 0.2) is 0 Å². The lowest BCUT2D eigenvalue weighted by molar-refractivity contribution is -0.127. The topological polar surface area (TPSA) is 43.8 Å². The van der Waals surface area contributed by atoms with Crippen LogP contribution in [0.2, 0.25) is 0 Å². The number of aromatic hydroxyl groups is 1. The van der Waals surface area contributed by atoms with E-state index in [1.165, 1.54) is 5.69 Å². The van der Waals surface area contributed by atoms with E-state index >= 15 is 0 Å². The van der Waals surface area contributed by atoms with Gasteiger partial charge in [-0.3, -0.25) is 4.79 Å². The smallest absolute Gasteiger partial charge is 0.222 e. The third kappa shape index (κ3) is 2.39. The second-order valence-electron chi connectivity index (χ2n) is 5.11. The van der Waals surface area contributed by atoms with Gasteiger partial charge in [-0.15, -0.1) is 0 Å². The quantitative estimate of drug-likeness (QED) is 0.921. The minimum absolute atomic E-state index is 0.292. The van der Waals surface area contributed by atoms with Crippen LogP contribution < -0.4 is 4.90 Å². The third-order valence-corrected chi connectivity index (χ3v) is 5.24. The predicted molar refractivity (Wildman–Crippen MR) is 76.6 cm³/mol. The Kier molecular flexibility index (Phi) is 3.31. The standard InChI is InChI=1S/C14H18N2O2S/c1-15-11-5-4-10(17)9-12(11)19-14(15)6-8-16-7-2-3-13(16)18/h4-5,9,14,17H,2-3,6-8H2,1H3. The summed E-state index contributed by atoms with van der Waals surface area (Å²) in [5.41, 5.74) is 1.17. The molecule has 2 aliphatic heterocycles. The van der Waals surface area contributed by atoms with Gasteiger partial charge in [0.2, 0.25) is 5.91 Å². The Morgan fingerprint density at radius 1 is 1.47 bits per heavy atom. The summed E-state index contributed by atoms with van der Waals surface area (Å²) in [4.78, 5) is 16.9. The second-order valence-corrected chi connectivity index (χ2v) is 6.33. The maximum Gasteiger partial charge on any atom is 0.222 e. The largest absolute Gasteiger partial charge is 0.508 e. The Balaban J connectivity index is 1.63. The van der Waals surface area contributed by atoms with Gasteiger partial charge < -0.3 is 14.9 Å². The van der Waals surface area contributed by atoms with Crippen LogP contribution in [-0.4, -0.2) is 41.4 Å². The summed E-state index contributed by atoms with van der Waals surface area (Å²) in [7, 11) is 2.08. The van der Waals surface area contributed by atoms with E-state index in [2.05, 4.69) is 11.9 Å². The number of thioether (sulfide) groups is 1. The molecule has 3 rings (SSSR count). The van der Waals surface area contributed by atoms with Crippen molar-refractivity contribution in [2.24, 2.45) is 0 Å². The van der Waals surface area contributed by atoms with Crippen molar-refractivity contribution in [1.29, 1.82) is 0 Å². The number of rotatable bonds is 3. The fraction of sp³-hybridized carbons (Fsp3) is 0.500. The number of phenolic OH excluding ortho intramolecular Hbond substituents is 1. The number of benzene rings is 1. The Morgan fingerprint density at radius 2 is 2.32 bits per heavy atom. The van der Waals surface area contributed by atoms with Gasteiger partial charge in [0.05, 0.1) is 11.1 Å². The number of hydrogen-bond acceptors (Lipinski definition) is 4. The Morgan fingerprint density at radius 3 is 3.05 bits per heavy atom. The molecule has 102 valence electrons. The number of carbonyl (C=O) groups is 1. The zero-order valence-electron chi connectivity index (χ0n) is 11.0. The highest BCUT2D eigenvalue weighted by Gasteiger charge is 2.29. The van der Waals surface area contributed by atoms with Crippen LogP contribution in [-0.2, 0) is 4.79 Å². The number of likely N-dealkylation sites (tertiary alicyclic amines) is 1. The third-order valence-electron chi connectivity index (χ3n) is 3.84. The van der Waals surface area contributed by atoms with Crippen molar-refractivity contribution < 1.29 is 9.90 Å². The van der Waals surface area contributed by atoms with E-state index in [-0.39, 0.29) is 0 Å². The first-order valence-electron chi connectivity index (χ1n) is 6.65. The van der Waals surface area contributed by atoms with Gasteiger partial charge in [0.1, 0.15) is 5.75 Å². The highest BCUT2D eigenvalue weighted by atomic mass is 32.2. The van der Waals surface area contributed by atoms with Crippen molar-refractivity contribution in [2.45, 2.75) is 29.5 Å². The lowest BCUT2D eigenvalue weighted by atomic mass is 10.2. The molecule has 1 unspecified atom stereocenters. The van der Waals surface area contributed by atoms with E-state index in [9.17, 15) is 9.90 Å². The van der Waals surface area contributed by atoms with E-state index < -0.39 is 0 Å². The molecular weight excluding hydrogens is 260 g/mol. The first-order chi connectivity index (χ1) is 9.15. The van der Waals surface area contributed by atoms with E-state index in [4.69, 9.17) is 0 Å². The van der Waals surface area contributed by atoms with Crippen molar-refractivity contribution in [3.05, 3.63) is 18.2 Å². The summed E-state index contributed by atoms with van der Waals surface area (Å²) in [6.45, 7) is 1.74. The molecule has 1 N–H and O–H groups in total. The zero-order valence-corrected chi connectivity index (χ0v) is 11.8. The summed E-state index contributed by atoms with van der Waals surface area (Å²) < 4.78 is 0. The molecule has 1 atom stereocenters. The first-order valence-corrected chi connectivity index (χ1v) is 7.53. The highest BCUT2D eigenvalue weighted by Crippen LogP contribution is 2.45. The molecular formula is C14H18N2O2S. The Hall–Kier alpha value is -1.36. The Labute approximate surface area is 117 Å². The summed E-state index contributed by atoms with van der Waals surface area (Å²) in [5.74, 6) is 0.607. The van der Waals surface area contributed by atoms with Gasteiger partial charge in [0.25, 0.3) is 0 Å². The summed E-state index contributed by atoms with van der Waals surface area (Å²) in [5, 5.41) is 9.87. The number of phenols is 1. The molecule has 5 heteroatoms. The molecule has 0 saturated carbocycles. The predicted octanol–water partition coefficient (Wildman–Crippen LogP) is 2.27. The second kappa shape index (κ2) is 4.96. The van der Waals surface area contributed by atoms with Gasteiger partial charge in [0, 0.05) is 31.5 Å². The molecule has 0 bridgehead atoms. The van der Waals surface area contributed by atoms with E-state index in [0.717, 1.165) is 30.8 Å². The first kappa shape index (κ1) is 12.7. The van der Waals surface area contributed by atoms with Gasteiger partial charge in [-0.05, 0) is 31.0 Å². The molecule has 0 radical (unpaired) electrons. The lowest BCUT2D eigenvalue weighted by Gasteiger charge is -2.24. The van der Waals surface area contributed by atoms with Crippen LogP contribution in [0.15, 0.2) is 23.1 Å². The molecule has 1 amide bonds. The van der Waals surface area contributed by atoms with Crippen LogP contribution in [0, 0.1) is 0 Å². The minimum atomic E-state index is 0.292. The van der Waals surface area contributed by atoms with Crippen LogP contribution in [0.5, 0.6) is 5.75 Å². The molecule has 19 heavy (non-hydrogen) atoms. The maximum atomic E-state index is 11.6. The maximum absolute atomic E-state index is 11.6. The van der Waals surface area contributed by atoms with E-state index in [1.807, 2.05) is 17.0 Å². The average molecular weight is 278 g/mol. The van der Waals surface area contributed by atoms with Crippen molar-refractivity contribution >= 4 is 23.4 Å². The van der Waals surface area contributed by atoms with Gasteiger partial charge >= 0.3 is 0 Å². The van der Waals surface area contributed by atoms with Crippen molar-refractivity contribution in [3.63, 3.8) is 0 Å². The van der Waals surface area contributed by atoms with E-state index in [1.54, 1.807) is 17.8 Å². The van der Waals surface area contributed by atoms with Crippen LogP contribution in [0.4, 0.5) is 5.69 Å². The lowest BCUT2D eigenvalue weighted by Crippen LogP contribution is -2.32. The molecule has 0 aromatic heterocycles. The van der Waals surface area contributed by atoms with Crippen molar-refractivity contribution in [3.8, 4) is 5.75 Å².